The van der Waals surface area contributed by atoms with Crippen LogP contribution >= 0.6 is 0 Å². The number of methoxy groups -OCH3 is 3. The Kier molecular flexibility index (Phi) is 4.83. The number of rotatable bonds is 6. The summed E-state index contributed by atoms with van der Waals surface area (Å²) >= 11 is 0. The molecule has 0 aliphatic carbocycles. The van der Waals surface area contributed by atoms with Crippen molar-refractivity contribution in [2.24, 2.45) is 7.05 Å². The normalized spacial score (nSPS) is 10.7. The van der Waals surface area contributed by atoms with Crippen LogP contribution in [0.25, 0.3) is 6.08 Å². The number of benzene rings is 1. The van der Waals surface area contributed by atoms with Crippen molar-refractivity contribution in [2.45, 2.75) is 0 Å². The molecule has 1 heterocycles. The van der Waals surface area contributed by atoms with Crippen LogP contribution in [0.5, 0.6) is 17.2 Å². The van der Waals surface area contributed by atoms with Gasteiger partial charge in [-0.25, -0.2) is 0 Å². The van der Waals surface area contributed by atoms with E-state index in [4.69, 9.17) is 14.2 Å². The van der Waals surface area contributed by atoms with Crippen molar-refractivity contribution in [3.8, 4) is 17.2 Å². The third-order valence-electron chi connectivity index (χ3n) is 3.10. The van der Waals surface area contributed by atoms with Crippen molar-refractivity contribution in [2.75, 3.05) is 21.3 Å². The molecule has 2 rings (SSSR count). The monoisotopic (exact) mass is 302 g/mol. The minimum absolute atomic E-state index is 0.164. The van der Waals surface area contributed by atoms with Gasteiger partial charge in [0.2, 0.25) is 5.75 Å². The summed E-state index contributed by atoms with van der Waals surface area (Å²) in [4.78, 5) is 12.3. The molecule has 0 N–H and O–H groups in total. The van der Waals surface area contributed by atoms with Crippen molar-refractivity contribution in [1.82, 2.24) is 9.78 Å². The van der Waals surface area contributed by atoms with Gasteiger partial charge in [0.15, 0.2) is 17.3 Å². The highest BCUT2D eigenvalue weighted by Crippen LogP contribution is 2.38. The topological polar surface area (TPSA) is 62.6 Å². The quantitative estimate of drug-likeness (QED) is 0.605. The molecule has 6 heteroatoms. The Labute approximate surface area is 128 Å². The van der Waals surface area contributed by atoms with Gasteiger partial charge in [-0.3, -0.25) is 9.48 Å². The number of aromatic nitrogens is 2. The first-order valence-electron chi connectivity index (χ1n) is 6.60. The Morgan fingerprint density at radius 2 is 1.77 bits per heavy atom. The predicted octanol–water partition coefficient (Wildman–Crippen LogP) is 2.34. The van der Waals surface area contributed by atoms with Crippen molar-refractivity contribution < 1.29 is 19.0 Å². The Morgan fingerprint density at radius 3 is 2.23 bits per heavy atom. The molecule has 0 saturated heterocycles. The standard InChI is InChI=1S/C16H18N2O4/c1-18-10-11(9-17-18)5-6-13(19)12-7-14(20-2)16(22-4)15(8-12)21-3/h5-10H,1-4H3/b6-5-. The van der Waals surface area contributed by atoms with Gasteiger partial charge in [-0.05, 0) is 24.3 Å². The minimum atomic E-state index is -0.164. The number of ether oxygens (including phenoxy) is 3. The zero-order valence-corrected chi connectivity index (χ0v) is 13.0. The molecular formula is C16H18N2O4. The summed E-state index contributed by atoms with van der Waals surface area (Å²) in [5.74, 6) is 1.18. The molecular weight excluding hydrogens is 284 g/mol. The summed E-state index contributed by atoms with van der Waals surface area (Å²) in [6, 6.07) is 3.24. The average molecular weight is 302 g/mol. The number of carbonyl (C=O) groups excluding carboxylic acids is 1. The Hall–Kier alpha value is -2.76. The third-order valence-corrected chi connectivity index (χ3v) is 3.10. The van der Waals surface area contributed by atoms with E-state index in [9.17, 15) is 4.79 Å². The molecule has 1 aromatic carbocycles. The lowest BCUT2D eigenvalue weighted by atomic mass is 10.1. The van der Waals surface area contributed by atoms with Gasteiger partial charge >= 0.3 is 0 Å². The maximum absolute atomic E-state index is 12.3. The molecule has 0 fully saturated rings. The molecule has 22 heavy (non-hydrogen) atoms. The molecule has 2 aromatic rings. The molecule has 0 unspecified atom stereocenters. The van der Waals surface area contributed by atoms with Crippen molar-refractivity contribution in [3.05, 3.63) is 41.7 Å². The van der Waals surface area contributed by atoms with Gasteiger partial charge < -0.3 is 14.2 Å². The number of hydrogen-bond donors (Lipinski definition) is 0. The molecule has 116 valence electrons. The second-order valence-electron chi connectivity index (χ2n) is 4.56. The van der Waals surface area contributed by atoms with Crippen LogP contribution < -0.4 is 14.2 Å². The Bertz CT molecular complexity index is 679. The molecule has 0 atom stereocenters. The lowest BCUT2D eigenvalue weighted by Crippen LogP contribution is -2.00. The SMILES string of the molecule is COc1cc(C(=O)/C=C\c2cnn(C)c2)cc(OC)c1OC. The molecule has 6 nitrogen and oxygen atoms in total. The highest BCUT2D eigenvalue weighted by Gasteiger charge is 2.15. The van der Waals surface area contributed by atoms with E-state index in [-0.39, 0.29) is 5.78 Å². The van der Waals surface area contributed by atoms with Crippen LogP contribution in [0, 0.1) is 0 Å². The Balaban J connectivity index is 2.31. The van der Waals surface area contributed by atoms with E-state index in [1.54, 1.807) is 29.1 Å². The summed E-state index contributed by atoms with van der Waals surface area (Å²) < 4.78 is 17.4. The minimum Gasteiger partial charge on any atom is -0.493 e. The van der Waals surface area contributed by atoms with Gasteiger partial charge in [-0.1, -0.05) is 0 Å². The van der Waals surface area contributed by atoms with E-state index >= 15 is 0 Å². The zero-order chi connectivity index (χ0) is 16.1. The van der Waals surface area contributed by atoms with E-state index in [2.05, 4.69) is 5.10 Å². The first-order chi connectivity index (χ1) is 10.6. The summed E-state index contributed by atoms with van der Waals surface area (Å²) in [7, 11) is 6.36. The van der Waals surface area contributed by atoms with Crippen LogP contribution in [0.1, 0.15) is 15.9 Å². The highest BCUT2D eigenvalue weighted by molar-refractivity contribution is 6.07. The van der Waals surface area contributed by atoms with Gasteiger partial charge in [-0.15, -0.1) is 0 Å². The first-order valence-corrected chi connectivity index (χ1v) is 6.60. The highest BCUT2D eigenvalue weighted by atomic mass is 16.5. The van der Waals surface area contributed by atoms with Gasteiger partial charge in [0.05, 0.1) is 27.5 Å². The predicted molar refractivity (Wildman–Crippen MR) is 82.7 cm³/mol. The van der Waals surface area contributed by atoms with E-state index in [0.29, 0.717) is 22.8 Å². The zero-order valence-electron chi connectivity index (χ0n) is 13.0. The van der Waals surface area contributed by atoms with Crippen LogP contribution in [0.3, 0.4) is 0 Å². The first kappa shape index (κ1) is 15.6. The van der Waals surface area contributed by atoms with Gasteiger partial charge in [0.1, 0.15) is 0 Å². The summed E-state index contributed by atoms with van der Waals surface area (Å²) in [6.07, 6.45) is 6.69. The summed E-state index contributed by atoms with van der Waals surface area (Å²) in [5, 5.41) is 4.04. The Morgan fingerprint density at radius 1 is 1.14 bits per heavy atom. The van der Waals surface area contributed by atoms with Gasteiger partial charge in [0.25, 0.3) is 0 Å². The molecule has 0 saturated carbocycles. The molecule has 0 aliphatic heterocycles. The number of nitrogens with zero attached hydrogens (tertiary/aromatic N) is 2. The van der Waals surface area contributed by atoms with Gasteiger partial charge in [0, 0.05) is 24.4 Å². The average Bonchev–Trinajstić information content (AvgIpc) is 2.96. The molecule has 1 aromatic heterocycles. The van der Waals surface area contributed by atoms with Crippen LogP contribution in [-0.2, 0) is 7.05 Å². The van der Waals surface area contributed by atoms with Crippen molar-refractivity contribution in [1.29, 1.82) is 0 Å². The van der Waals surface area contributed by atoms with Crippen molar-refractivity contribution >= 4 is 11.9 Å². The second-order valence-corrected chi connectivity index (χ2v) is 4.56. The van der Waals surface area contributed by atoms with Crippen LogP contribution in [0.4, 0.5) is 0 Å². The fraction of sp³-hybridized carbons (Fsp3) is 0.250. The molecule has 0 amide bonds. The number of carbonyl (C=O) groups is 1. The number of aryl methyl sites for hydroxylation is 1. The van der Waals surface area contributed by atoms with Crippen molar-refractivity contribution in [3.63, 3.8) is 0 Å². The maximum atomic E-state index is 12.3. The molecule has 0 bridgehead atoms. The number of ketones is 1. The van der Waals surface area contributed by atoms with Gasteiger partial charge in [-0.2, -0.15) is 5.10 Å². The van der Waals surface area contributed by atoms with E-state index in [1.165, 1.54) is 27.4 Å². The van der Waals surface area contributed by atoms with Crippen LogP contribution in [-0.4, -0.2) is 36.9 Å². The van der Waals surface area contributed by atoms with E-state index in [0.717, 1.165) is 5.56 Å². The fourth-order valence-corrected chi connectivity index (χ4v) is 2.02. The largest absolute Gasteiger partial charge is 0.493 e. The van der Waals surface area contributed by atoms with E-state index < -0.39 is 0 Å². The number of allylic oxidation sites excluding steroid dienone is 1. The molecule has 0 spiro atoms. The number of hydrogen-bond acceptors (Lipinski definition) is 5. The lowest BCUT2D eigenvalue weighted by molar-refractivity contribution is 0.104. The molecule has 0 aliphatic rings. The van der Waals surface area contributed by atoms with Crippen LogP contribution in [0.2, 0.25) is 0 Å². The lowest BCUT2D eigenvalue weighted by Gasteiger charge is -2.13. The summed E-state index contributed by atoms with van der Waals surface area (Å²) in [5.41, 5.74) is 1.30. The summed E-state index contributed by atoms with van der Waals surface area (Å²) in [6.45, 7) is 0. The smallest absolute Gasteiger partial charge is 0.203 e. The fourth-order valence-electron chi connectivity index (χ4n) is 2.02. The second kappa shape index (κ2) is 6.80. The third kappa shape index (κ3) is 3.28. The van der Waals surface area contributed by atoms with E-state index in [1.807, 2.05) is 13.2 Å². The van der Waals surface area contributed by atoms with Crippen LogP contribution in [0.15, 0.2) is 30.6 Å². The maximum Gasteiger partial charge on any atom is 0.203 e. The molecule has 0 radical (unpaired) electrons.